The van der Waals surface area contributed by atoms with Crippen LogP contribution in [0.1, 0.15) is 116 Å². The van der Waals surface area contributed by atoms with Gasteiger partial charge in [-0.15, -0.1) is 0 Å². The summed E-state index contributed by atoms with van der Waals surface area (Å²) in [4.78, 5) is 0. The van der Waals surface area contributed by atoms with Gasteiger partial charge in [0.1, 0.15) is 0 Å². The molecule has 0 saturated carbocycles. The Labute approximate surface area is 312 Å². The van der Waals surface area contributed by atoms with Crippen molar-refractivity contribution >= 4 is 35.1 Å². The van der Waals surface area contributed by atoms with Gasteiger partial charge in [0.25, 0.3) is 0 Å². The number of rotatable bonds is 8. The summed E-state index contributed by atoms with van der Waals surface area (Å²) in [5.41, 5.74) is 16.3. The first kappa shape index (κ1) is 37.8. The topological polar surface area (TPSA) is 0 Å². The SMILES string of the molecule is CCC1=Cc2c(-c3ccc(C(C)(C)C)cc3)cccc2[CH]1[Zr]([Cl])([Cl])([CH]1C(C(C)CC)=Cc2c(-c3ccc(C(C)(C)C)cc3)cccc21)[SiH](C)C. The molecule has 3 atom stereocenters. The monoisotopic (exact) mass is 797 g/mol. The van der Waals surface area contributed by atoms with Gasteiger partial charge in [0.05, 0.1) is 0 Å². The Morgan fingerprint density at radius 1 is 0.640 bits per heavy atom. The van der Waals surface area contributed by atoms with Crippen LogP contribution in [0.3, 0.4) is 0 Å². The Hall–Kier alpha value is -1.96. The molecule has 263 valence electrons. The molecule has 2 aliphatic rings. The predicted octanol–water partition coefficient (Wildman–Crippen LogP) is 14.6. The van der Waals surface area contributed by atoms with Gasteiger partial charge in [0.2, 0.25) is 0 Å². The summed E-state index contributed by atoms with van der Waals surface area (Å²) in [5.74, 6) is -1.26. The van der Waals surface area contributed by atoms with Crippen LogP contribution in [0.25, 0.3) is 34.4 Å². The zero-order valence-corrected chi connectivity index (χ0v) is 37.3. The summed E-state index contributed by atoms with van der Waals surface area (Å²) < 4.78 is 0.184. The third-order valence-electron chi connectivity index (χ3n) is 12.2. The summed E-state index contributed by atoms with van der Waals surface area (Å²) in [7, 11) is 17.5. The van der Waals surface area contributed by atoms with Crippen molar-refractivity contribution in [2.45, 2.75) is 106 Å². The van der Waals surface area contributed by atoms with E-state index in [0.717, 1.165) is 12.8 Å². The Balaban J connectivity index is 1.55. The third-order valence-corrected chi connectivity index (χ3v) is 63.9. The van der Waals surface area contributed by atoms with Gasteiger partial charge in [-0.25, -0.2) is 0 Å². The average molecular weight is 800 g/mol. The molecule has 0 fully saturated rings. The molecule has 0 spiro atoms. The van der Waals surface area contributed by atoms with Crippen LogP contribution in [0.15, 0.2) is 96.1 Å². The first-order chi connectivity index (χ1) is 23.4. The molecular formula is C46H57Cl2SiZr. The molecular weight excluding hydrogens is 743 g/mol. The Morgan fingerprint density at radius 2 is 1.08 bits per heavy atom. The van der Waals surface area contributed by atoms with E-state index in [1.54, 1.807) is 0 Å². The first-order valence-electron chi connectivity index (χ1n) is 18.9. The molecule has 4 aromatic rings. The molecule has 0 saturated heterocycles. The standard InChI is InChI=1S/C23H27.C21H23.C2H7Si.2ClH.Zr/c1-6-16(2)19-14-18-8-7-9-21(22(18)15-19)17-10-12-20(13-11-17)23(3,4)5;1-5-15-13-17-7-6-8-19(20(17)14-15)16-9-11-18(12-10-16)21(2,3)4;1-3-2;;;/h7-16H,6H2,1-5H3;6-14H,5H2,1-4H3;3H,1-2H3;2*1H;/q;;;;;+2/p-2. The molecule has 0 nitrogen and oxygen atoms in total. The molecule has 50 heavy (non-hydrogen) atoms. The summed E-state index contributed by atoms with van der Waals surface area (Å²) in [6, 6.07) is 32.3. The van der Waals surface area contributed by atoms with Crippen molar-refractivity contribution < 1.29 is 15.6 Å². The van der Waals surface area contributed by atoms with Crippen LogP contribution in [0, 0.1) is 5.92 Å². The second kappa shape index (κ2) is 13.5. The second-order valence-corrected chi connectivity index (χ2v) is 60.1. The van der Waals surface area contributed by atoms with E-state index < -0.39 is 21.5 Å². The fraction of sp³-hybridized carbons (Fsp3) is 0.391. The molecule has 6 rings (SSSR count). The molecule has 3 unspecified atom stereocenters. The van der Waals surface area contributed by atoms with Gasteiger partial charge in [0, 0.05) is 0 Å². The van der Waals surface area contributed by atoms with Gasteiger partial charge in [-0.05, 0) is 0 Å². The van der Waals surface area contributed by atoms with Crippen molar-refractivity contribution in [3.8, 4) is 22.3 Å². The van der Waals surface area contributed by atoms with Crippen molar-refractivity contribution in [2.75, 3.05) is 0 Å². The molecule has 2 aliphatic carbocycles. The van der Waals surface area contributed by atoms with Crippen LogP contribution >= 0.6 is 17.0 Å². The van der Waals surface area contributed by atoms with E-state index in [4.69, 9.17) is 17.0 Å². The summed E-state index contributed by atoms with van der Waals surface area (Å²) in [6.07, 6.45) is 7.03. The van der Waals surface area contributed by atoms with E-state index in [9.17, 15) is 0 Å². The molecule has 4 aromatic carbocycles. The third kappa shape index (κ3) is 6.27. The molecule has 4 heteroatoms. The van der Waals surface area contributed by atoms with Gasteiger partial charge in [0.15, 0.2) is 0 Å². The zero-order valence-electron chi connectivity index (χ0n) is 32.2. The van der Waals surface area contributed by atoms with Crippen molar-refractivity contribution in [3.63, 3.8) is 0 Å². The molecule has 0 radical (unpaired) electrons. The van der Waals surface area contributed by atoms with E-state index in [1.165, 1.54) is 66.8 Å². The number of halogens is 2. The predicted molar refractivity (Wildman–Crippen MR) is 223 cm³/mol. The molecule has 0 N–H and O–H groups in total. The fourth-order valence-corrected chi connectivity index (χ4v) is 40.3. The van der Waals surface area contributed by atoms with Gasteiger partial charge in [-0.2, -0.15) is 0 Å². The van der Waals surface area contributed by atoms with Crippen LogP contribution in [0.2, 0.25) is 13.1 Å². The van der Waals surface area contributed by atoms with Gasteiger partial charge < -0.3 is 0 Å². The van der Waals surface area contributed by atoms with Crippen LogP contribution in [-0.4, -0.2) is 5.92 Å². The van der Waals surface area contributed by atoms with Crippen molar-refractivity contribution in [3.05, 3.63) is 129 Å². The average Bonchev–Trinajstić information content (AvgIpc) is 3.68. The summed E-state index contributed by atoms with van der Waals surface area (Å²) in [6.45, 7) is 25.6. The number of hydrogen-bond acceptors (Lipinski definition) is 0. The minimum absolute atomic E-state index is 0.0887. The minimum atomic E-state index is -4.88. The van der Waals surface area contributed by atoms with Crippen molar-refractivity contribution in [1.82, 2.24) is 0 Å². The second-order valence-electron chi connectivity index (χ2n) is 17.5. The number of benzene rings is 4. The van der Waals surface area contributed by atoms with Crippen LogP contribution in [0.4, 0.5) is 0 Å². The van der Waals surface area contributed by atoms with Gasteiger partial charge in [-0.1, -0.05) is 0 Å². The van der Waals surface area contributed by atoms with E-state index in [1.807, 2.05) is 0 Å². The molecule has 0 heterocycles. The van der Waals surface area contributed by atoms with Crippen molar-refractivity contribution in [1.29, 1.82) is 0 Å². The fourth-order valence-electron chi connectivity index (χ4n) is 8.76. The Kier molecular flexibility index (Phi) is 10.2. The van der Waals surface area contributed by atoms with E-state index >= 15 is 0 Å². The van der Waals surface area contributed by atoms with E-state index in [0.29, 0.717) is 5.92 Å². The number of fused-ring (bicyclic) bond motifs is 2. The Morgan fingerprint density at radius 3 is 1.48 bits per heavy atom. The van der Waals surface area contributed by atoms with Gasteiger partial charge in [-0.3, -0.25) is 0 Å². The zero-order chi connectivity index (χ0) is 36.4. The quantitative estimate of drug-likeness (QED) is 0.156. The molecule has 0 amide bonds. The summed E-state index contributed by atoms with van der Waals surface area (Å²) in [5, 5.41) is 0. The Bertz CT molecular complexity index is 1970. The normalized spacial score (nSPS) is 19.0. The van der Waals surface area contributed by atoms with Crippen LogP contribution < -0.4 is 0 Å². The number of hydrogen-bond donors (Lipinski definition) is 0. The maximum atomic E-state index is 8.76. The van der Waals surface area contributed by atoms with Crippen LogP contribution in [-0.2, 0) is 26.4 Å². The first-order valence-corrected chi connectivity index (χ1v) is 35.2. The van der Waals surface area contributed by atoms with Crippen molar-refractivity contribution in [2.24, 2.45) is 5.92 Å². The molecule has 0 bridgehead atoms. The number of allylic oxidation sites excluding steroid dienone is 2. The van der Waals surface area contributed by atoms with Gasteiger partial charge >= 0.3 is 315 Å². The van der Waals surface area contributed by atoms with E-state index in [2.05, 4.69) is 172 Å². The van der Waals surface area contributed by atoms with E-state index in [-0.39, 0.29) is 18.1 Å². The molecule has 0 aromatic heterocycles. The molecule has 0 aliphatic heterocycles. The summed E-state index contributed by atoms with van der Waals surface area (Å²) >= 11 is -4.88. The van der Waals surface area contributed by atoms with Crippen LogP contribution in [0.5, 0.6) is 0 Å². The maximum absolute atomic E-state index is 8.76.